The molecule has 0 radical (unpaired) electrons. The van der Waals surface area contributed by atoms with E-state index in [0.717, 1.165) is 44.3 Å². The van der Waals surface area contributed by atoms with Crippen LogP contribution >= 0.6 is 0 Å². The normalized spacial score (nSPS) is 11.1. The Balaban J connectivity index is 1.66. The minimum Gasteiger partial charge on any atom is -0.539 e. The number of para-hydroxylation sites is 1. The van der Waals surface area contributed by atoms with Crippen LogP contribution in [0.15, 0.2) is 109 Å². The van der Waals surface area contributed by atoms with Crippen molar-refractivity contribution in [1.29, 1.82) is 0 Å². The van der Waals surface area contributed by atoms with E-state index in [1.165, 1.54) is 0 Å². The van der Waals surface area contributed by atoms with Crippen LogP contribution in [-0.2, 0) is 0 Å². The number of benzene rings is 4. The van der Waals surface area contributed by atoms with Crippen molar-refractivity contribution >= 4 is 29.5 Å². The van der Waals surface area contributed by atoms with Gasteiger partial charge >= 0.3 is 7.69 Å². The fraction of sp³-hybridized carbons (Fsp3) is 0. The summed E-state index contributed by atoms with van der Waals surface area (Å²) in [5, 5.41) is 11.4. The molecule has 0 saturated carbocycles. The fourth-order valence-corrected chi connectivity index (χ4v) is 4.45. The molecule has 5 nitrogen and oxygen atoms in total. The summed E-state index contributed by atoms with van der Waals surface area (Å²) >= 11 is 0. The van der Waals surface area contributed by atoms with Gasteiger partial charge in [-0.2, -0.15) is 0 Å². The Bertz CT molecular complexity index is 1620. The molecule has 6 rings (SSSR count). The second-order valence-electron chi connectivity index (χ2n) is 7.96. The molecule has 0 atom stereocenters. The number of rotatable bonds is 5. The zero-order chi connectivity index (χ0) is 22.9. The molecule has 162 valence electrons. The maximum absolute atomic E-state index is 9.23. The summed E-state index contributed by atoms with van der Waals surface area (Å²) < 4.78 is 7.56. The fourth-order valence-electron chi connectivity index (χ4n) is 4.45. The van der Waals surface area contributed by atoms with E-state index < -0.39 is 0 Å². The van der Waals surface area contributed by atoms with Gasteiger partial charge in [-0.15, -0.1) is 0 Å². The van der Waals surface area contributed by atoms with Gasteiger partial charge in [-0.25, -0.2) is 9.97 Å². The van der Waals surface area contributed by atoms with Crippen LogP contribution in [0.4, 0.5) is 0 Å². The van der Waals surface area contributed by atoms with Crippen molar-refractivity contribution < 1.29 is 9.68 Å². The molecule has 6 heteroatoms. The van der Waals surface area contributed by atoms with Crippen molar-refractivity contribution in [2.24, 2.45) is 0 Å². The Morgan fingerprint density at radius 2 is 1.38 bits per heavy atom. The molecule has 2 aromatic heterocycles. The van der Waals surface area contributed by atoms with E-state index in [1.54, 1.807) is 0 Å². The topological polar surface area (TPSA) is 60.2 Å². The monoisotopic (exact) mass is 441 g/mol. The number of fused-ring (bicyclic) bond motifs is 3. The lowest BCUT2D eigenvalue weighted by Crippen LogP contribution is -2.03. The third kappa shape index (κ3) is 3.41. The third-order valence-electron chi connectivity index (χ3n) is 5.96. The average molecular weight is 441 g/mol. The van der Waals surface area contributed by atoms with Crippen LogP contribution < -0.4 is 4.65 Å². The van der Waals surface area contributed by atoms with Gasteiger partial charge in [-0.3, -0.25) is 0 Å². The van der Waals surface area contributed by atoms with Gasteiger partial charge in [0, 0.05) is 21.9 Å². The van der Waals surface area contributed by atoms with Crippen molar-refractivity contribution in [3.05, 3.63) is 109 Å². The molecule has 0 bridgehead atoms. The lowest BCUT2D eigenvalue weighted by atomic mass is 10.1. The van der Waals surface area contributed by atoms with Crippen molar-refractivity contribution in [2.75, 3.05) is 0 Å². The van der Waals surface area contributed by atoms with Crippen LogP contribution in [0.5, 0.6) is 5.75 Å². The summed E-state index contributed by atoms with van der Waals surface area (Å²) in [4.78, 5) is 9.80. The molecule has 0 amide bonds. The second-order valence-corrected chi connectivity index (χ2v) is 7.96. The Morgan fingerprint density at radius 1 is 0.706 bits per heavy atom. The van der Waals surface area contributed by atoms with E-state index in [0.29, 0.717) is 11.6 Å². The van der Waals surface area contributed by atoms with Gasteiger partial charge in [-0.1, -0.05) is 78.9 Å². The Labute approximate surface area is 197 Å². The molecule has 0 unspecified atom stereocenters. The van der Waals surface area contributed by atoms with Gasteiger partial charge in [0.15, 0.2) is 5.82 Å². The highest BCUT2D eigenvalue weighted by Crippen LogP contribution is 2.37. The molecular formula is C28H20BN3O2. The van der Waals surface area contributed by atoms with E-state index in [4.69, 9.17) is 14.6 Å². The first-order chi connectivity index (χ1) is 16.8. The Hall–Kier alpha value is -4.42. The molecule has 34 heavy (non-hydrogen) atoms. The third-order valence-corrected chi connectivity index (χ3v) is 5.96. The van der Waals surface area contributed by atoms with Crippen LogP contribution in [0.3, 0.4) is 0 Å². The molecule has 0 aliphatic rings. The van der Waals surface area contributed by atoms with Crippen molar-refractivity contribution in [2.45, 2.75) is 0 Å². The number of aromatic nitrogens is 3. The molecule has 1 N–H and O–H groups in total. The quantitative estimate of drug-likeness (QED) is 0.357. The zero-order valence-electron chi connectivity index (χ0n) is 18.3. The SMILES string of the molecule is OBOc1ccc2c(c1)c1ccccc1n2-c1cnc(-c2ccccc2)nc1-c1ccccc1. The second kappa shape index (κ2) is 8.50. The zero-order valence-corrected chi connectivity index (χ0v) is 18.3. The van der Waals surface area contributed by atoms with Gasteiger partial charge in [-0.05, 0) is 24.3 Å². The predicted octanol–water partition coefficient (Wildman–Crippen LogP) is 5.55. The molecule has 4 aromatic carbocycles. The van der Waals surface area contributed by atoms with Crippen LogP contribution in [0.25, 0.3) is 50.1 Å². The summed E-state index contributed by atoms with van der Waals surface area (Å²) in [7, 11) is -0.364. The highest BCUT2D eigenvalue weighted by molar-refractivity contribution is 6.17. The summed E-state index contributed by atoms with van der Waals surface area (Å²) in [6.45, 7) is 0. The summed E-state index contributed by atoms with van der Waals surface area (Å²) in [5.41, 5.74) is 5.80. The number of hydrogen-bond donors (Lipinski definition) is 1. The van der Waals surface area contributed by atoms with Gasteiger partial charge in [0.1, 0.15) is 5.75 Å². The summed E-state index contributed by atoms with van der Waals surface area (Å²) in [5.74, 6) is 1.31. The first-order valence-corrected chi connectivity index (χ1v) is 11.1. The molecule has 0 saturated heterocycles. The standard InChI is InChI=1S/C28H20BN3O2/c33-29-34-21-15-16-25-23(17-21)22-13-7-8-14-24(22)32(25)26-18-30-28(20-11-5-2-6-12-20)31-27(26)19-9-3-1-4-10-19/h1-18,29,33H. The molecule has 0 fully saturated rings. The highest BCUT2D eigenvalue weighted by atomic mass is 16.5. The van der Waals surface area contributed by atoms with Gasteiger partial charge < -0.3 is 14.2 Å². The van der Waals surface area contributed by atoms with E-state index in [9.17, 15) is 5.02 Å². The van der Waals surface area contributed by atoms with Crippen LogP contribution in [0.2, 0.25) is 0 Å². The Morgan fingerprint density at radius 3 is 2.15 bits per heavy atom. The predicted molar refractivity (Wildman–Crippen MR) is 137 cm³/mol. The first kappa shape index (κ1) is 20.2. The van der Waals surface area contributed by atoms with E-state index >= 15 is 0 Å². The molecule has 0 spiro atoms. The molecular weight excluding hydrogens is 421 g/mol. The van der Waals surface area contributed by atoms with Crippen LogP contribution in [0.1, 0.15) is 0 Å². The van der Waals surface area contributed by atoms with Gasteiger partial charge in [0.25, 0.3) is 0 Å². The average Bonchev–Trinajstić information content (AvgIpc) is 3.23. The van der Waals surface area contributed by atoms with Gasteiger partial charge in [0.2, 0.25) is 0 Å². The van der Waals surface area contributed by atoms with Crippen molar-refractivity contribution in [3.8, 4) is 34.1 Å². The molecule has 0 aliphatic heterocycles. The Kier molecular flexibility index (Phi) is 5.05. The smallest absolute Gasteiger partial charge is 0.504 e. The molecule has 0 aliphatic carbocycles. The van der Waals surface area contributed by atoms with Crippen molar-refractivity contribution in [3.63, 3.8) is 0 Å². The molecule has 2 heterocycles. The van der Waals surface area contributed by atoms with Crippen molar-refractivity contribution in [1.82, 2.24) is 14.5 Å². The first-order valence-electron chi connectivity index (χ1n) is 11.1. The minimum absolute atomic E-state index is 0.364. The highest BCUT2D eigenvalue weighted by Gasteiger charge is 2.18. The lowest BCUT2D eigenvalue weighted by molar-refractivity contribution is 0.454. The summed E-state index contributed by atoms with van der Waals surface area (Å²) in [6, 6.07) is 34.3. The molecule has 6 aromatic rings. The maximum Gasteiger partial charge on any atom is 0.504 e. The van der Waals surface area contributed by atoms with Crippen LogP contribution in [-0.4, -0.2) is 27.2 Å². The van der Waals surface area contributed by atoms with E-state index in [-0.39, 0.29) is 7.69 Å². The summed E-state index contributed by atoms with van der Waals surface area (Å²) in [6.07, 6.45) is 1.90. The van der Waals surface area contributed by atoms with Crippen LogP contribution in [0, 0.1) is 0 Å². The van der Waals surface area contributed by atoms with E-state index in [1.807, 2.05) is 85.1 Å². The minimum atomic E-state index is -0.364. The number of hydrogen-bond acceptors (Lipinski definition) is 4. The largest absolute Gasteiger partial charge is 0.539 e. The van der Waals surface area contributed by atoms with E-state index in [2.05, 4.69) is 28.8 Å². The lowest BCUT2D eigenvalue weighted by Gasteiger charge is -2.14. The maximum atomic E-state index is 9.23. The van der Waals surface area contributed by atoms with Gasteiger partial charge in [0.05, 0.1) is 28.6 Å². The number of nitrogens with zero attached hydrogens (tertiary/aromatic N) is 3.